The van der Waals surface area contributed by atoms with E-state index in [1.807, 2.05) is 31.2 Å². The van der Waals surface area contributed by atoms with Crippen LogP contribution in [-0.2, 0) is 11.3 Å². The molecule has 1 rings (SSSR count). The summed E-state index contributed by atoms with van der Waals surface area (Å²) < 4.78 is 5.46. The highest BCUT2D eigenvalue weighted by molar-refractivity contribution is 8.00. The Morgan fingerprint density at radius 1 is 1.52 bits per heavy atom. The number of aliphatic hydroxyl groups excluding tert-OH is 1. The maximum Gasteiger partial charge on any atom is 0.232 e. The van der Waals surface area contributed by atoms with E-state index >= 15 is 0 Å². The number of amides is 1. The number of carbonyl (C=O) groups excluding carboxylic acids is 1. The Hall–Kier alpha value is -1.46. The van der Waals surface area contributed by atoms with Gasteiger partial charge >= 0.3 is 0 Å². The maximum absolute atomic E-state index is 12.2. The van der Waals surface area contributed by atoms with Gasteiger partial charge in [0.25, 0.3) is 0 Å². The first kappa shape index (κ1) is 17.6. The number of hydrogen-bond acceptors (Lipinski definition) is 4. The fourth-order valence-electron chi connectivity index (χ4n) is 1.85. The lowest BCUT2D eigenvalue weighted by molar-refractivity contribution is -0.129. The average molecular weight is 309 g/mol. The predicted molar refractivity (Wildman–Crippen MR) is 87.6 cm³/mol. The fourth-order valence-corrected chi connectivity index (χ4v) is 2.50. The molecule has 1 aromatic carbocycles. The van der Waals surface area contributed by atoms with E-state index in [4.69, 9.17) is 9.84 Å². The van der Waals surface area contributed by atoms with Gasteiger partial charge in [0.15, 0.2) is 0 Å². The van der Waals surface area contributed by atoms with Gasteiger partial charge in [0.05, 0.1) is 19.0 Å². The Bertz CT molecular complexity index is 451. The Morgan fingerprint density at radius 2 is 2.33 bits per heavy atom. The zero-order valence-electron chi connectivity index (χ0n) is 12.5. The van der Waals surface area contributed by atoms with Crippen molar-refractivity contribution < 1.29 is 14.6 Å². The topological polar surface area (TPSA) is 49.8 Å². The van der Waals surface area contributed by atoms with Crippen LogP contribution in [0.4, 0.5) is 0 Å². The van der Waals surface area contributed by atoms with Gasteiger partial charge in [0.1, 0.15) is 5.75 Å². The normalized spacial score (nSPS) is 10.2. The van der Waals surface area contributed by atoms with Crippen molar-refractivity contribution >= 4 is 17.7 Å². The van der Waals surface area contributed by atoms with Gasteiger partial charge in [-0.3, -0.25) is 4.79 Å². The highest BCUT2D eigenvalue weighted by Crippen LogP contribution is 2.15. The summed E-state index contributed by atoms with van der Waals surface area (Å²) >= 11 is 1.52. The van der Waals surface area contributed by atoms with E-state index in [1.54, 1.807) is 11.0 Å². The summed E-state index contributed by atoms with van der Waals surface area (Å²) in [6.07, 6.45) is 1.78. The minimum Gasteiger partial charge on any atom is -0.494 e. The maximum atomic E-state index is 12.2. The quantitative estimate of drug-likeness (QED) is 0.532. The van der Waals surface area contributed by atoms with Crippen LogP contribution in [-0.4, -0.2) is 47.2 Å². The van der Waals surface area contributed by atoms with E-state index < -0.39 is 0 Å². The summed E-state index contributed by atoms with van der Waals surface area (Å²) in [5.74, 6) is 1.97. The van der Waals surface area contributed by atoms with Crippen LogP contribution >= 0.6 is 11.8 Å². The van der Waals surface area contributed by atoms with Crippen LogP contribution in [0, 0.1) is 0 Å². The molecule has 0 aliphatic heterocycles. The Kier molecular flexibility index (Phi) is 8.62. The molecule has 0 spiro atoms. The number of nitrogens with zero attached hydrogens (tertiary/aromatic N) is 1. The van der Waals surface area contributed by atoms with Crippen LogP contribution in [0.15, 0.2) is 36.9 Å². The van der Waals surface area contributed by atoms with Crippen LogP contribution in [0.2, 0.25) is 0 Å². The molecule has 4 nitrogen and oxygen atoms in total. The second-order valence-electron chi connectivity index (χ2n) is 4.42. The Labute approximate surface area is 130 Å². The van der Waals surface area contributed by atoms with E-state index in [9.17, 15) is 4.79 Å². The molecule has 5 heteroatoms. The molecule has 0 saturated heterocycles. The van der Waals surface area contributed by atoms with E-state index in [0.29, 0.717) is 25.4 Å². The number of ether oxygens (including phenoxy) is 1. The van der Waals surface area contributed by atoms with Crippen LogP contribution in [0.1, 0.15) is 12.5 Å². The number of thioether (sulfide) groups is 1. The molecule has 0 atom stereocenters. The number of carbonyl (C=O) groups is 1. The SMILES string of the molecule is C=CCSCC(=O)N(CCO)Cc1cccc(OCC)c1. The number of hydrogen-bond donors (Lipinski definition) is 1. The zero-order chi connectivity index (χ0) is 15.5. The summed E-state index contributed by atoms with van der Waals surface area (Å²) in [5, 5.41) is 9.13. The first-order valence-corrected chi connectivity index (χ1v) is 8.15. The molecule has 0 bridgehead atoms. The summed E-state index contributed by atoms with van der Waals surface area (Å²) in [7, 11) is 0. The van der Waals surface area contributed by atoms with Crippen molar-refractivity contribution in [1.82, 2.24) is 4.90 Å². The third-order valence-electron chi connectivity index (χ3n) is 2.77. The summed E-state index contributed by atoms with van der Waals surface area (Å²) in [6.45, 7) is 6.96. The molecule has 0 aromatic heterocycles. The number of rotatable bonds is 10. The van der Waals surface area contributed by atoms with Crippen molar-refractivity contribution in [3.8, 4) is 5.75 Å². The first-order chi connectivity index (χ1) is 10.2. The molecule has 0 saturated carbocycles. The van der Waals surface area contributed by atoms with Crippen molar-refractivity contribution in [2.24, 2.45) is 0 Å². The first-order valence-electron chi connectivity index (χ1n) is 7.00. The monoisotopic (exact) mass is 309 g/mol. The van der Waals surface area contributed by atoms with Crippen molar-refractivity contribution in [3.05, 3.63) is 42.5 Å². The molecule has 0 unspecified atom stereocenters. The van der Waals surface area contributed by atoms with E-state index in [0.717, 1.165) is 17.1 Å². The van der Waals surface area contributed by atoms with Crippen LogP contribution < -0.4 is 4.74 Å². The van der Waals surface area contributed by atoms with Crippen molar-refractivity contribution in [2.75, 3.05) is 31.3 Å². The van der Waals surface area contributed by atoms with Crippen molar-refractivity contribution in [3.63, 3.8) is 0 Å². The van der Waals surface area contributed by atoms with Gasteiger partial charge in [-0.2, -0.15) is 0 Å². The summed E-state index contributed by atoms with van der Waals surface area (Å²) in [4.78, 5) is 13.8. The summed E-state index contributed by atoms with van der Waals surface area (Å²) in [6, 6.07) is 7.69. The molecule has 116 valence electrons. The smallest absolute Gasteiger partial charge is 0.232 e. The molecule has 0 aliphatic rings. The van der Waals surface area contributed by atoms with E-state index in [2.05, 4.69) is 6.58 Å². The van der Waals surface area contributed by atoms with Gasteiger partial charge in [-0.05, 0) is 24.6 Å². The molecular weight excluding hydrogens is 286 g/mol. The van der Waals surface area contributed by atoms with E-state index in [1.165, 1.54) is 11.8 Å². The highest BCUT2D eigenvalue weighted by Gasteiger charge is 2.13. The largest absolute Gasteiger partial charge is 0.494 e. The third-order valence-corrected chi connectivity index (χ3v) is 3.69. The number of aliphatic hydroxyl groups is 1. The Balaban J connectivity index is 2.66. The minimum atomic E-state index is -0.0387. The molecule has 0 radical (unpaired) electrons. The van der Waals surface area contributed by atoms with Gasteiger partial charge in [0.2, 0.25) is 5.91 Å². The lowest BCUT2D eigenvalue weighted by atomic mass is 10.2. The van der Waals surface area contributed by atoms with Gasteiger partial charge in [-0.15, -0.1) is 18.3 Å². The molecule has 1 N–H and O–H groups in total. The lowest BCUT2D eigenvalue weighted by Crippen LogP contribution is -2.34. The molecular formula is C16H23NO3S. The molecule has 0 fully saturated rings. The van der Waals surface area contributed by atoms with Gasteiger partial charge in [-0.1, -0.05) is 18.2 Å². The van der Waals surface area contributed by atoms with Crippen LogP contribution in [0.25, 0.3) is 0 Å². The fraction of sp³-hybridized carbons (Fsp3) is 0.438. The minimum absolute atomic E-state index is 0.0257. The van der Waals surface area contributed by atoms with Gasteiger partial charge in [-0.25, -0.2) is 0 Å². The van der Waals surface area contributed by atoms with Gasteiger partial charge < -0.3 is 14.7 Å². The predicted octanol–water partition coefficient (Wildman–Crippen LogP) is 2.33. The lowest BCUT2D eigenvalue weighted by Gasteiger charge is -2.22. The second-order valence-corrected chi connectivity index (χ2v) is 5.45. The van der Waals surface area contributed by atoms with Crippen LogP contribution in [0.3, 0.4) is 0 Å². The van der Waals surface area contributed by atoms with Gasteiger partial charge in [0, 0.05) is 18.8 Å². The molecule has 1 aromatic rings. The summed E-state index contributed by atoms with van der Waals surface area (Å²) in [5.41, 5.74) is 0.997. The van der Waals surface area contributed by atoms with E-state index in [-0.39, 0.29) is 12.5 Å². The zero-order valence-corrected chi connectivity index (χ0v) is 13.3. The Morgan fingerprint density at radius 3 is 3.00 bits per heavy atom. The number of benzene rings is 1. The second kappa shape index (κ2) is 10.3. The molecule has 21 heavy (non-hydrogen) atoms. The van der Waals surface area contributed by atoms with Crippen LogP contribution in [0.5, 0.6) is 5.75 Å². The average Bonchev–Trinajstić information content (AvgIpc) is 2.48. The van der Waals surface area contributed by atoms with Crippen molar-refractivity contribution in [1.29, 1.82) is 0 Å². The third kappa shape index (κ3) is 6.69. The standard InChI is InChI=1S/C16H23NO3S/c1-3-10-21-13-16(19)17(8-9-18)12-14-6-5-7-15(11-14)20-4-2/h3,5-7,11,18H,1,4,8-10,12-13H2,2H3. The van der Waals surface area contributed by atoms with Crippen molar-refractivity contribution in [2.45, 2.75) is 13.5 Å². The highest BCUT2D eigenvalue weighted by atomic mass is 32.2. The molecule has 0 aliphatic carbocycles. The molecule has 0 heterocycles. The molecule has 1 amide bonds.